The van der Waals surface area contributed by atoms with E-state index in [1.165, 1.54) is 0 Å². The molecular formula is C25H26O6. The summed E-state index contributed by atoms with van der Waals surface area (Å²) in [5.74, 6) is -0.463. The zero-order valence-electron chi connectivity index (χ0n) is 17.4. The maximum absolute atomic E-state index is 12.4. The Morgan fingerprint density at radius 2 is 1.19 bits per heavy atom. The highest BCUT2D eigenvalue weighted by Crippen LogP contribution is 2.53. The third-order valence-electron chi connectivity index (χ3n) is 6.35. The van der Waals surface area contributed by atoms with Gasteiger partial charge in [-0.25, -0.2) is 0 Å². The molecule has 31 heavy (non-hydrogen) atoms. The van der Waals surface area contributed by atoms with Crippen molar-refractivity contribution in [2.75, 3.05) is 26.4 Å². The van der Waals surface area contributed by atoms with Crippen LogP contribution in [-0.4, -0.2) is 50.6 Å². The van der Waals surface area contributed by atoms with Crippen molar-refractivity contribution in [1.82, 2.24) is 0 Å². The Morgan fingerprint density at radius 3 is 1.61 bits per heavy atom. The van der Waals surface area contributed by atoms with Gasteiger partial charge in [0, 0.05) is 18.3 Å². The Labute approximate surface area is 181 Å². The van der Waals surface area contributed by atoms with Crippen LogP contribution >= 0.6 is 0 Å². The lowest BCUT2D eigenvalue weighted by atomic mass is 9.71. The molecule has 5 rings (SSSR count). The molecule has 6 nitrogen and oxygen atoms in total. The van der Waals surface area contributed by atoms with Crippen LogP contribution in [0.5, 0.6) is 0 Å². The van der Waals surface area contributed by atoms with E-state index in [4.69, 9.17) is 18.9 Å². The third kappa shape index (κ3) is 4.36. The highest BCUT2D eigenvalue weighted by Gasteiger charge is 2.43. The molecule has 2 saturated heterocycles. The van der Waals surface area contributed by atoms with Gasteiger partial charge in [-0.15, -0.1) is 0 Å². The number of hydrogen-bond acceptors (Lipinski definition) is 6. The lowest BCUT2D eigenvalue weighted by Gasteiger charge is -2.32. The zero-order valence-corrected chi connectivity index (χ0v) is 17.4. The molecule has 1 aliphatic carbocycles. The van der Waals surface area contributed by atoms with E-state index in [0.717, 1.165) is 22.3 Å². The summed E-state index contributed by atoms with van der Waals surface area (Å²) in [6.45, 7) is 1.95. The lowest BCUT2D eigenvalue weighted by Crippen LogP contribution is -2.28. The quantitative estimate of drug-likeness (QED) is 0.431. The molecule has 0 saturated carbocycles. The number of fused-ring (bicyclic) bond motifs is 3. The van der Waals surface area contributed by atoms with Gasteiger partial charge in [0.25, 0.3) is 0 Å². The Bertz CT molecular complexity index is 896. The number of hydrogen-bond donors (Lipinski definition) is 0. The molecule has 0 spiro atoms. The molecule has 3 aliphatic rings. The van der Waals surface area contributed by atoms with E-state index in [1.54, 1.807) is 0 Å². The van der Waals surface area contributed by atoms with Crippen LogP contribution in [0.25, 0.3) is 11.1 Å². The minimum Gasteiger partial charge on any atom is -0.463 e. The topological polar surface area (TPSA) is 77.7 Å². The monoisotopic (exact) mass is 422 g/mol. The van der Waals surface area contributed by atoms with Gasteiger partial charge < -0.3 is 18.9 Å². The second kappa shape index (κ2) is 8.44. The Kier molecular flexibility index (Phi) is 5.50. The molecule has 2 aromatic rings. The smallest absolute Gasteiger partial charge is 0.305 e. The van der Waals surface area contributed by atoms with Crippen molar-refractivity contribution in [2.45, 2.75) is 43.3 Å². The normalized spacial score (nSPS) is 21.7. The molecule has 2 aliphatic heterocycles. The van der Waals surface area contributed by atoms with Crippen LogP contribution in [0.4, 0.5) is 0 Å². The number of rotatable bonds is 10. The van der Waals surface area contributed by atoms with Crippen LogP contribution in [0.15, 0.2) is 48.5 Å². The van der Waals surface area contributed by atoms with Crippen molar-refractivity contribution < 1.29 is 28.5 Å². The molecular weight excluding hydrogens is 396 g/mol. The van der Waals surface area contributed by atoms with Gasteiger partial charge in [-0.2, -0.15) is 0 Å². The summed E-state index contributed by atoms with van der Waals surface area (Å²) in [7, 11) is 0. The molecule has 2 unspecified atom stereocenters. The van der Waals surface area contributed by atoms with Gasteiger partial charge in [0.05, 0.1) is 13.2 Å². The maximum atomic E-state index is 12.4. The van der Waals surface area contributed by atoms with Crippen molar-refractivity contribution in [3.8, 4) is 11.1 Å². The van der Waals surface area contributed by atoms with Crippen molar-refractivity contribution in [3.05, 3.63) is 59.7 Å². The largest absolute Gasteiger partial charge is 0.463 e. The first-order valence-electron chi connectivity index (χ1n) is 10.9. The van der Waals surface area contributed by atoms with Gasteiger partial charge >= 0.3 is 11.9 Å². The fourth-order valence-electron chi connectivity index (χ4n) is 4.55. The van der Waals surface area contributed by atoms with Gasteiger partial charge in [-0.1, -0.05) is 48.5 Å². The second-order valence-corrected chi connectivity index (χ2v) is 8.45. The molecule has 162 valence electrons. The summed E-state index contributed by atoms with van der Waals surface area (Å²) in [5.41, 5.74) is 4.22. The summed E-state index contributed by atoms with van der Waals surface area (Å²) in [6.07, 6.45) is 1.81. The van der Waals surface area contributed by atoms with Crippen LogP contribution in [0.1, 0.15) is 36.8 Å². The highest BCUT2D eigenvalue weighted by atomic mass is 16.6. The van der Waals surface area contributed by atoms with E-state index < -0.39 is 5.41 Å². The summed E-state index contributed by atoms with van der Waals surface area (Å²) in [5, 5.41) is 0. The molecule has 0 bridgehead atoms. The van der Waals surface area contributed by atoms with E-state index in [1.807, 2.05) is 24.3 Å². The Hall–Kier alpha value is -2.70. The summed E-state index contributed by atoms with van der Waals surface area (Å²) in [4.78, 5) is 24.9. The van der Waals surface area contributed by atoms with Crippen molar-refractivity contribution in [3.63, 3.8) is 0 Å². The van der Waals surface area contributed by atoms with E-state index in [2.05, 4.69) is 24.3 Å². The summed E-state index contributed by atoms with van der Waals surface area (Å²) in [6, 6.07) is 16.5. The van der Waals surface area contributed by atoms with Crippen LogP contribution in [-0.2, 0) is 34.0 Å². The van der Waals surface area contributed by atoms with Crippen LogP contribution in [0, 0.1) is 0 Å². The third-order valence-corrected chi connectivity index (χ3v) is 6.35. The van der Waals surface area contributed by atoms with E-state index in [0.29, 0.717) is 39.3 Å². The van der Waals surface area contributed by atoms with E-state index in [-0.39, 0.29) is 37.0 Å². The Balaban J connectivity index is 1.38. The van der Waals surface area contributed by atoms with E-state index >= 15 is 0 Å². The first kappa shape index (κ1) is 20.2. The van der Waals surface area contributed by atoms with Crippen molar-refractivity contribution in [1.29, 1.82) is 0 Å². The maximum Gasteiger partial charge on any atom is 0.305 e. The van der Waals surface area contributed by atoms with Gasteiger partial charge in [0.1, 0.15) is 25.4 Å². The van der Waals surface area contributed by atoms with Gasteiger partial charge in [0.2, 0.25) is 0 Å². The zero-order chi connectivity index (χ0) is 21.3. The second-order valence-electron chi connectivity index (χ2n) is 8.45. The molecule has 0 aromatic heterocycles. The van der Waals surface area contributed by atoms with Gasteiger partial charge in [0.15, 0.2) is 0 Å². The molecule has 2 atom stereocenters. The first-order chi connectivity index (χ1) is 15.2. The predicted octanol–water partition coefficient (Wildman–Crippen LogP) is 3.40. The molecule has 0 N–H and O–H groups in total. The fourth-order valence-corrected chi connectivity index (χ4v) is 4.55. The minimum atomic E-state index is -0.433. The lowest BCUT2D eigenvalue weighted by molar-refractivity contribution is -0.144. The standard InChI is InChI=1S/C25H26O6/c26-23(30-15-17-13-28-17)9-11-25(12-10-24(27)31-16-18-14-29-18)21-7-3-1-5-19(21)20-6-2-4-8-22(20)25/h1-8,17-18H,9-16H2. The summed E-state index contributed by atoms with van der Waals surface area (Å²) >= 11 is 0. The molecule has 0 radical (unpaired) electrons. The van der Waals surface area contributed by atoms with Gasteiger partial charge in [-0.05, 0) is 35.1 Å². The van der Waals surface area contributed by atoms with E-state index in [9.17, 15) is 9.59 Å². The predicted molar refractivity (Wildman–Crippen MR) is 113 cm³/mol. The van der Waals surface area contributed by atoms with Crippen LogP contribution < -0.4 is 0 Å². The number of esters is 2. The average molecular weight is 422 g/mol. The molecule has 2 aromatic carbocycles. The first-order valence-corrected chi connectivity index (χ1v) is 10.9. The summed E-state index contributed by atoms with van der Waals surface area (Å²) < 4.78 is 21.0. The molecule has 6 heteroatoms. The number of carbonyl (C=O) groups is 2. The van der Waals surface area contributed by atoms with Crippen molar-refractivity contribution in [2.24, 2.45) is 0 Å². The number of carbonyl (C=O) groups excluding carboxylic acids is 2. The number of benzene rings is 2. The van der Waals surface area contributed by atoms with Crippen LogP contribution in [0.2, 0.25) is 0 Å². The fraction of sp³-hybridized carbons (Fsp3) is 0.440. The van der Waals surface area contributed by atoms with Crippen LogP contribution in [0.3, 0.4) is 0 Å². The number of epoxide rings is 2. The highest BCUT2D eigenvalue weighted by molar-refractivity contribution is 5.82. The van der Waals surface area contributed by atoms with Crippen molar-refractivity contribution >= 4 is 11.9 Å². The van der Waals surface area contributed by atoms with Gasteiger partial charge in [-0.3, -0.25) is 9.59 Å². The molecule has 0 amide bonds. The average Bonchev–Trinajstić information content (AvgIpc) is 3.72. The number of ether oxygens (including phenoxy) is 4. The molecule has 2 heterocycles. The SMILES string of the molecule is O=C(CCC1(CCC(=O)OCC2CO2)c2ccccc2-c2ccccc21)OCC1CO1. The Morgan fingerprint density at radius 1 is 0.774 bits per heavy atom. The minimum absolute atomic E-state index is 0.0519. The molecule has 2 fully saturated rings.